The van der Waals surface area contributed by atoms with Crippen LogP contribution in [0, 0.1) is 10.1 Å². The molecular weight excluding hydrogens is 194 g/mol. The van der Waals surface area contributed by atoms with Crippen LogP contribution in [0.25, 0.3) is 0 Å². The Bertz CT molecular complexity index is 317. The first-order valence-electron chi connectivity index (χ1n) is 5.27. The second kappa shape index (κ2) is 4.44. The number of nitrogens with zero attached hydrogens (tertiary/aromatic N) is 2. The van der Waals surface area contributed by atoms with Crippen LogP contribution < -0.4 is 5.32 Å². The van der Waals surface area contributed by atoms with E-state index in [9.17, 15) is 10.1 Å². The predicted octanol–water partition coefficient (Wildman–Crippen LogP) is 0.730. The molecule has 0 unspecified atom stereocenters. The minimum atomic E-state index is -0.287. The molecule has 2 aliphatic rings. The van der Waals surface area contributed by atoms with Crippen molar-refractivity contribution in [1.82, 2.24) is 10.2 Å². The summed E-state index contributed by atoms with van der Waals surface area (Å²) >= 11 is 0. The molecule has 1 aliphatic carbocycles. The maximum absolute atomic E-state index is 10.5. The number of piperazine rings is 1. The molecule has 5 nitrogen and oxygen atoms in total. The lowest BCUT2D eigenvalue weighted by Crippen LogP contribution is -2.43. The minimum Gasteiger partial charge on any atom is -0.372 e. The highest BCUT2D eigenvalue weighted by Crippen LogP contribution is 2.21. The fourth-order valence-corrected chi connectivity index (χ4v) is 1.98. The van der Waals surface area contributed by atoms with Crippen LogP contribution in [0.3, 0.4) is 0 Å². The SMILES string of the molecule is O=[N+]([O-])C1=CC=C(N2CCNCC2)CC1. The molecule has 0 radical (unpaired) electrons. The van der Waals surface area contributed by atoms with Crippen LogP contribution in [0.5, 0.6) is 0 Å². The third-order valence-electron chi connectivity index (χ3n) is 2.86. The zero-order valence-corrected chi connectivity index (χ0v) is 8.61. The fourth-order valence-electron chi connectivity index (χ4n) is 1.98. The van der Waals surface area contributed by atoms with E-state index in [1.165, 1.54) is 5.70 Å². The molecule has 1 saturated heterocycles. The third-order valence-corrected chi connectivity index (χ3v) is 2.86. The molecular formula is C10H15N3O2. The molecule has 0 aromatic heterocycles. The van der Waals surface area contributed by atoms with Gasteiger partial charge in [-0.15, -0.1) is 0 Å². The van der Waals surface area contributed by atoms with Crippen LogP contribution in [0.4, 0.5) is 0 Å². The topological polar surface area (TPSA) is 58.4 Å². The Morgan fingerprint density at radius 2 is 2.00 bits per heavy atom. The quantitative estimate of drug-likeness (QED) is 0.538. The second-order valence-electron chi connectivity index (χ2n) is 3.81. The number of hydrogen-bond acceptors (Lipinski definition) is 4. The van der Waals surface area contributed by atoms with Gasteiger partial charge in [0.15, 0.2) is 0 Å². The van der Waals surface area contributed by atoms with Gasteiger partial charge in [-0.05, 0) is 12.5 Å². The van der Waals surface area contributed by atoms with E-state index in [0.29, 0.717) is 12.1 Å². The van der Waals surface area contributed by atoms with E-state index in [1.54, 1.807) is 6.08 Å². The van der Waals surface area contributed by atoms with Crippen molar-refractivity contribution in [3.8, 4) is 0 Å². The lowest BCUT2D eigenvalue weighted by atomic mass is 10.1. The van der Waals surface area contributed by atoms with E-state index in [4.69, 9.17) is 0 Å². The van der Waals surface area contributed by atoms with E-state index in [0.717, 1.165) is 32.6 Å². The Hall–Kier alpha value is -1.36. The largest absolute Gasteiger partial charge is 0.372 e. The molecule has 0 aromatic carbocycles. The van der Waals surface area contributed by atoms with Gasteiger partial charge < -0.3 is 10.2 Å². The van der Waals surface area contributed by atoms with E-state index in [2.05, 4.69) is 10.2 Å². The van der Waals surface area contributed by atoms with E-state index in [1.807, 2.05) is 6.08 Å². The summed E-state index contributed by atoms with van der Waals surface area (Å²) in [7, 11) is 0. The number of nitro groups is 1. The van der Waals surface area contributed by atoms with Gasteiger partial charge in [-0.1, -0.05) is 0 Å². The Balaban J connectivity index is 2.02. The zero-order chi connectivity index (χ0) is 10.7. The molecule has 0 spiro atoms. The second-order valence-corrected chi connectivity index (χ2v) is 3.81. The van der Waals surface area contributed by atoms with Crippen molar-refractivity contribution in [1.29, 1.82) is 0 Å². The van der Waals surface area contributed by atoms with E-state index < -0.39 is 0 Å². The molecule has 0 aromatic rings. The van der Waals surface area contributed by atoms with Crippen molar-refractivity contribution in [3.63, 3.8) is 0 Å². The molecule has 0 atom stereocenters. The molecule has 1 fully saturated rings. The summed E-state index contributed by atoms with van der Waals surface area (Å²) in [5.41, 5.74) is 1.57. The molecule has 82 valence electrons. The summed E-state index contributed by atoms with van der Waals surface area (Å²) in [4.78, 5) is 12.5. The van der Waals surface area contributed by atoms with Gasteiger partial charge >= 0.3 is 0 Å². The minimum absolute atomic E-state index is 0.287. The highest BCUT2D eigenvalue weighted by Gasteiger charge is 2.19. The standard InChI is InChI=1S/C10H15N3O2/c14-13(15)10-3-1-9(2-4-10)12-7-5-11-6-8-12/h1,3,11H,2,4-8H2. The first-order chi connectivity index (χ1) is 7.27. The zero-order valence-electron chi connectivity index (χ0n) is 8.61. The van der Waals surface area contributed by atoms with Crippen LogP contribution in [-0.2, 0) is 0 Å². The molecule has 2 rings (SSSR count). The van der Waals surface area contributed by atoms with Crippen molar-refractivity contribution in [3.05, 3.63) is 33.7 Å². The van der Waals surface area contributed by atoms with Gasteiger partial charge in [-0.3, -0.25) is 10.1 Å². The van der Waals surface area contributed by atoms with Gasteiger partial charge in [0.25, 0.3) is 0 Å². The monoisotopic (exact) mass is 209 g/mol. The van der Waals surface area contributed by atoms with Crippen molar-refractivity contribution in [2.75, 3.05) is 26.2 Å². The van der Waals surface area contributed by atoms with Crippen LogP contribution >= 0.6 is 0 Å². The molecule has 1 N–H and O–H groups in total. The Morgan fingerprint density at radius 1 is 1.27 bits per heavy atom. The van der Waals surface area contributed by atoms with Gasteiger partial charge in [-0.25, -0.2) is 0 Å². The third kappa shape index (κ3) is 2.36. The molecule has 0 bridgehead atoms. The molecule has 15 heavy (non-hydrogen) atoms. The molecule has 1 aliphatic heterocycles. The molecule has 0 saturated carbocycles. The number of rotatable bonds is 2. The number of allylic oxidation sites excluding steroid dienone is 4. The Labute approximate surface area is 88.6 Å². The fraction of sp³-hybridized carbons (Fsp3) is 0.600. The maximum atomic E-state index is 10.5. The predicted molar refractivity (Wildman–Crippen MR) is 56.8 cm³/mol. The molecule has 1 heterocycles. The van der Waals surface area contributed by atoms with Crippen LogP contribution in [0.15, 0.2) is 23.5 Å². The highest BCUT2D eigenvalue weighted by molar-refractivity contribution is 5.20. The summed E-state index contributed by atoms with van der Waals surface area (Å²) in [6, 6.07) is 0. The van der Waals surface area contributed by atoms with E-state index in [-0.39, 0.29) is 4.92 Å². The van der Waals surface area contributed by atoms with Gasteiger partial charge in [0, 0.05) is 44.4 Å². The summed E-state index contributed by atoms with van der Waals surface area (Å²) in [5.74, 6) is 0. The normalized spacial score (nSPS) is 22.0. The molecule has 0 amide bonds. The van der Waals surface area contributed by atoms with E-state index >= 15 is 0 Å². The maximum Gasteiger partial charge on any atom is 0.246 e. The Morgan fingerprint density at radius 3 is 2.53 bits per heavy atom. The Kier molecular flexibility index (Phi) is 3.01. The average Bonchev–Trinajstić information content (AvgIpc) is 2.30. The molecule has 5 heteroatoms. The summed E-state index contributed by atoms with van der Waals surface area (Å²) < 4.78 is 0. The average molecular weight is 209 g/mol. The van der Waals surface area contributed by atoms with Crippen molar-refractivity contribution < 1.29 is 4.92 Å². The smallest absolute Gasteiger partial charge is 0.246 e. The number of hydrogen-bond donors (Lipinski definition) is 1. The summed E-state index contributed by atoms with van der Waals surface area (Å²) in [6.45, 7) is 4.02. The van der Waals surface area contributed by atoms with Gasteiger partial charge in [0.05, 0.1) is 4.92 Å². The lowest BCUT2D eigenvalue weighted by Gasteiger charge is -2.32. The van der Waals surface area contributed by atoms with Gasteiger partial charge in [-0.2, -0.15) is 0 Å². The number of nitrogens with one attached hydrogen (secondary N) is 1. The summed E-state index contributed by atoms with van der Waals surface area (Å²) in [6.07, 6.45) is 4.89. The van der Waals surface area contributed by atoms with Crippen molar-refractivity contribution in [2.45, 2.75) is 12.8 Å². The van der Waals surface area contributed by atoms with Crippen LogP contribution in [-0.4, -0.2) is 36.0 Å². The highest BCUT2D eigenvalue weighted by atomic mass is 16.6. The lowest BCUT2D eigenvalue weighted by molar-refractivity contribution is -0.428. The first kappa shape index (κ1) is 10.2. The van der Waals surface area contributed by atoms with Crippen molar-refractivity contribution >= 4 is 0 Å². The summed E-state index contributed by atoms with van der Waals surface area (Å²) in [5, 5.41) is 13.8. The first-order valence-corrected chi connectivity index (χ1v) is 5.27. The van der Waals surface area contributed by atoms with Gasteiger partial charge in [0.2, 0.25) is 5.70 Å². The van der Waals surface area contributed by atoms with Crippen LogP contribution in [0.1, 0.15) is 12.8 Å². The van der Waals surface area contributed by atoms with Crippen LogP contribution in [0.2, 0.25) is 0 Å². The van der Waals surface area contributed by atoms with Crippen molar-refractivity contribution in [2.24, 2.45) is 0 Å². The van der Waals surface area contributed by atoms with Gasteiger partial charge in [0.1, 0.15) is 0 Å².